The first-order valence-corrected chi connectivity index (χ1v) is 11.4. The van der Waals surface area contributed by atoms with Gasteiger partial charge in [0.2, 0.25) is 5.89 Å². The molecule has 5 rings (SSSR count). The van der Waals surface area contributed by atoms with Gasteiger partial charge in [-0.05, 0) is 55.0 Å². The zero-order valence-corrected chi connectivity index (χ0v) is 19.0. The van der Waals surface area contributed by atoms with Gasteiger partial charge in [0.25, 0.3) is 0 Å². The number of thioether (sulfide) groups is 1. The van der Waals surface area contributed by atoms with Crippen LogP contribution < -0.4 is 4.74 Å². The van der Waals surface area contributed by atoms with Crippen LogP contribution >= 0.6 is 11.8 Å². The molecule has 0 amide bonds. The number of aromatic nitrogens is 4. The number of benzene rings is 2. The van der Waals surface area contributed by atoms with E-state index >= 15 is 0 Å². The van der Waals surface area contributed by atoms with Gasteiger partial charge in [0, 0.05) is 17.5 Å². The molecule has 0 aliphatic heterocycles. The largest absolute Gasteiger partial charge is 0.497 e. The third-order valence-electron chi connectivity index (χ3n) is 5.33. The molecule has 0 radical (unpaired) electrons. The fourth-order valence-electron chi connectivity index (χ4n) is 3.52. The van der Waals surface area contributed by atoms with Gasteiger partial charge in [-0.2, -0.15) is 0 Å². The molecule has 0 N–H and O–H groups in total. The van der Waals surface area contributed by atoms with E-state index in [-0.39, 0.29) is 5.82 Å². The second-order valence-corrected chi connectivity index (χ2v) is 8.45. The Hall–Kier alpha value is -3.65. The monoisotopic (exact) mass is 460 g/mol. The Kier molecular flexibility index (Phi) is 5.83. The number of halogens is 1. The fourth-order valence-corrected chi connectivity index (χ4v) is 4.49. The quantitative estimate of drug-likeness (QED) is 0.283. The molecule has 0 aliphatic rings. The highest BCUT2D eigenvalue weighted by Gasteiger charge is 2.17. The average molecular weight is 461 g/mol. The minimum Gasteiger partial charge on any atom is -0.497 e. The normalized spacial score (nSPS) is 11.2. The molecular formula is C25H21FN4O2S. The van der Waals surface area contributed by atoms with Crippen molar-refractivity contribution in [2.24, 2.45) is 0 Å². The van der Waals surface area contributed by atoms with Crippen molar-refractivity contribution >= 4 is 22.8 Å². The second kappa shape index (κ2) is 9.07. The van der Waals surface area contributed by atoms with Crippen molar-refractivity contribution in [2.45, 2.75) is 24.4 Å². The number of hydrogen-bond donors (Lipinski definition) is 0. The van der Waals surface area contributed by atoms with E-state index in [1.54, 1.807) is 37.2 Å². The van der Waals surface area contributed by atoms with E-state index in [0.29, 0.717) is 18.2 Å². The van der Waals surface area contributed by atoms with Gasteiger partial charge in [-0.3, -0.25) is 4.98 Å². The number of nitrogens with zero attached hydrogens (tertiary/aromatic N) is 4. The van der Waals surface area contributed by atoms with Crippen LogP contribution in [0.1, 0.15) is 17.0 Å². The number of rotatable bonds is 7. The summed E-state index contributed by atoms with van der Waals surface area (Å²) in [5.41, 5.74) is 4.52. The molecule has 0 saturated carbocycles. The Morgan fingerprint density at radius 3 is 2.58 bits per heavy atom. The molecule has 3 heterocycles. The number of oxazole rings is 1. The summed E-state index contributed by atoms with van der Waals surface area (Å²) >= 11 is 1.59. The lowest BCUT2D eigenvalue weighted by Gasteiger charge is -2.07. The zero-order valence-electron chi connectivity index (χ0n) is 18.2. The molecule has 0 unspecified atom stereocenters. The van der Waals surface area contributed by atoms with Crippen molar-refractivity contribution in [3.05, 3.63) is 89.8 Å². The smallest absolute Gasteiger partial charge is 0.226 e. The highest BCUT2D eigenvalue weighted by molar-refractivity contribution is 7.98. The second-order valence-electron chi connectivity index (χ2n) is 7.51. The Balaban J connectivity index is 1.45. The Morgan fingerprint density at radius 1 is 1.03 bits per heavy atom. The molecule has 0 atom stereocenters. The molecule has 0 spiro atoms. The molecule has 8 heteroatoms. The highest BCUT2D eigenvalue weighted by Crippen LogP contribution is 2.29. The van der Waals surface area contributed by atoms with Gasteiger partial charge < -0.3 is 13.7 Å². The third kappa shape index (κ3) is 4.47. The van der Waals surface area contributed by atoms with Gasteiger partial charge in [0.1, 0.15) is 23.0 Å². The van der Waals surface area contributed by atoms with Crippen LogP contribution in [0.25, 0.3) is 22.5 Å². The molecule has 0 saturated heterocycles. The van der Waals surface area contributed by atoms with E-state index in [1.165, 1.54) is 12.1 Å². The van der Waals surface area contributed by atoms with Crippen LogP contribution in [-0.4, -0.2) is 26.6 Å². The molecule has 33 heavy (non-hydrogen) atoms. The van der Waals surface area contributed by atoms with Crippen LogP contribution in [-0.2, 0) is 12.3 Å². The Morgan fingerprint density at radius 2 is 1.82 bits per heavy atom. The minimum absolute atomic E-state index is 0.240. The number of hydrogen-bond acceptors (Lipinski definition) is 6. The molecule has 0 aliphatic carbocycles. The maximum absolute atomic E-state index is 13.2. The summed E-state index contributed by atoms with van der Waals surface area (Å²) in [5.74, 6) is 2.53. The van der Waals surface area contributed by atoms with Crippen LogP contribution in [0.4, 0.5) is 4.39 Å². The SMILES string of the molecule is COc1ccc(-c2nc(Cn3c(SCc4ccc(F)cc4)nc4ccncc43)c(C)o2)cc1. The van der Waals surface area contributed by atoms with Crippen molar-refractivity contribution < 1.29 is 13.5 Å². The average Bonchev–Trinajstić information content (AvgIpc) is 3.39. The number of methoxy groups -OCH3 is 1. The van der Waals surface area contributed by atoms with Crippen LogP contribution in [0, 0.1) is 12.7 Å². The lowest BCUT2D eigenvalue weighted by molar-refractivity contribution is 0.415. The maximum Gasteiger partial charge on any atom is 0.226 e. The summed E-state index contributed by atoms with van der Waals surface area (Å²) in [6, 6.07) is 16.0. The summed E-state index contributed by atoms with van der Waals surface area (Å²) in [7, 11) is 1.64. The lowest BCUT2D eigenvalue weighted by atomic mass is 10.2. The molecule has 5 aromatic rings. The Labute approximate surface area is 194 Å². The van der Waals surface area contributed by atoms with Crippen molar-refractivity contribution in [2.75, 3.05) is 7.11 Å². The molecule has 3 aromatic heterocycles. The van der Waals surface area contributed by atoms with Crippen LogP contribution in [0.15, 0.2) is 76.6 Å². The molecule has 0 fully saturated rings. The summed E-state index contributed by atoms with van der Waals surface area (Å²) < 4.78 is 26.5. The van der Waals surface area contributed by atoms with E-state index < -0.39 is 0 Å². The van der Waals surface area contributed by atoms with Crippen LogP contribution in [0.3, 0.4) is 0 Å². The first kappa shape index (κ1) is 21.2. The van der Waals surface area contributed by atoms with E-state index in [1.807, 2.05) is 43.5 Å². The standard InChI is InChI=1S/C25H21FN4O2S/c1-16-22(28-24(32-16)18-5-9-20(31-2)10-6-18)14-30-23-13-27-12-11-21(23)29-25(30)33-15-17-3-7-19(26)8-4-17/h3-13H,14-15H2,1-2H3. The van der Waals surface area contributed by atoms with Crippen molar-refractivity contribution in [3.8, 4) is 17.2 Å². The molecule has 6 nitrogen and oxygen atoms in total. The maximum atomic E-state index is 13.2. The summed E-state index contributed by atoms with van der Waals surface area (Å²) in [6.07, 6.45) is 3.54. The first-order chi connectivity index (χ1) is 16.1. The van der Waals surface area contributed by atoms with E-state index in [4.69, 9.17) is 19.1 Å². The zero-order chi connectivity index (χ0) is 22.8. The number of aryl methyl sites for hydroxylation is 1. The van der Waals surface area contributed by atoms with Gasteiger partial charge in [-0.25, -0.2) is 14.4 Å². The van der Waals surface area contributed by atoms with Crippen molar-refractivity contribution in [1.82, 2.24) is 19.5 Å². The molecular weight excluding hydrogens is 439 g/mol. The topological polar surface area (TPSA) is 66.0 Å². The minimum atomic E-state index is -0.240. The van der Waals surface area contributed by atoms with Crippen molar-refractivity contribution in [3.63, 3.8) is 0 Å². The fraction of sp³-hybridized carbons (Fsp3) is 0.160. The van der Waals surface area contributed by atoms with Crippen molar-refractivity contribution in [1.29, 1.82) is 0 Å². The third-order valence-corrected chi connectivity index (χ3v) is 6.38. The molecule has 2 aromatic carbocycles. The number of fused-ring (bicyclic) bond motifs is 1. The van der Waals surface area contributed by atoms with Crippen LogP contribution in [0.2, 0.25) is 0 Å². The number of pyridine rings is 1. The summed E-state index contributed by atoms with van der Waals surface area (Å²) in [5, 5.41) is 0.843. The number of ether oxygens (including phenoxy) is 1. The summed E-state index contributed by atoms with van der Waals surface area (Å²) in [6.45, 7) is 2.41. The van der Waals surface area contributed by atoms with Gasteiger partial charge in [0.15, 0.2) is 5.16 Å². The van der Waals surface area contributed by atoms with E-state index in [0.717, 1.165) is 44.5 Å². The predicted octanol–water partition coefficient (Wildman–Crippen LogP) is 5.88. The van der Waals surface area contributed by atoms with Gasteiger partial charge in [-0.1, -0.05) is 23.9 Å². The summed E-state index contributed by atoms with van der Waals surface area (Å²) in [4.78, 5) is 13.8. The number of imidazole rings is 1. The van der Waals surface area contributed by atoms with Gasteiger partial charge in [-0.15, -0.1) is 0 Å². The molecule has 166 valence electrons. The lowest BCUT2D eigenvalue weighted by Crippen LogP contribution is -2.03. The van der Waals surface area contributed by atoms with Gasteiger partial charge >= 0.3 is 0 Å². The first-order valence-electron chi connectivity index (χ1n) is 10.4. The van der Waals surface area contributed by atoms with Gasteiger partial charge in [0.05, 0.1) is 30.9 Å². The predicted molar refractivity (Wildman–Crippen MR) is 126 cm³/mol. The van der Waals surface area contributed by atoms with E-state index in [2.05, 4.69) is 9.55 Å². The van der Waals surface area contributed by atoms with Crippen LogP contribution in [0.5, 0.6) is 5.75 Å². The molecule has 0 bridgehead atoms. The highest BCUT2D eigenvalue weighted by atomic mass is 32.2. The van der Waals surface area contributed by atoms with E-state index in [9.17, 15) is 4.39 Å². The Bertz CT molecular complexity index is 1390.